The number of rotatable bonds is 4. The lowest BCUT2D eigenvalue weighted by molar-refractivity contribution is 0.234. The number of nitrogens with zero attached hydrogens (tertiary/aromatic N) is 2. The lowest BCUT2D eigenvalue weighted by atomic mass is 9.97. The highest BCUT2D eigenvalue weighted by Crippen LogP contribution is 2.16. The minimum Gasteiger partial charge on any atom is -0.317 e. The average Bonchev–Trinajstić information content (AvgIpc) is 2.42. The van der Waals surface area contributed by atoms with Crippen LogP contribution in [-0.2, 0) is 6.54 Å². The molecule has 1 aromatic carbocycles. The van der Waals surface area contributed by atoms with Gasteiger partial charge in [-0.1, -0.05) is 6.07 Å². The van der Waals surface area contributed by atoms with E-state index in [0.717, 1.165) is 31.1 Å². The number of piperidine rings is 1. The van der Waals surface area contributed by atoms with Crippen LogP contribution in [0.1, 0.15) is 29.5 Å². The Hall–Kier alpha value is -1.37. The fraction of sp³-hybridized carbons (Fsp3) is 0.562. The molecule has 0 aromatic heterocycles. The van der Waals surface area contributed by atoms with Gasteiger partial charge >= 0.3 is 0 Å². The second kappa shape index (κ2) is 6.70. The van der Waals surface area contributed by atoms with E-state index in [0.29, 0.717) is 0 Å². The first kappa shape index (κ1) is 14.0. The highest BCUT2D eigenvalue weighted by Gasteiger charge is 2.15. The molecule has 2 rings (SSSR count). The summed E-state index contributed by atoms with van der Waals surface area (Å²) in [6.07, 6.45) is 2.58. The van der Waals surface area contributed by atoms with Crippen molar-refractivity contribution in [2.24, 2.45) is 5.92 Å². The molecule has 1 aliphatic rings. The maximum absolute atomic E-state index is 8.88. The van der Waals surface area contributed by atoms with Gasteiger partial charge in [-0.25, -0.2) is 0 Å². The van der Waals surface area contributed by atoms with Crippen LogP contribution in [0.3, 0.4) is 0 Å². The fourth-order valence-corrected chi connectivity index (χ4v) is 2.80. The number of nitriles is 1. The summed E-state index contributed by atoms with van der Waals surface area (Å²) in [4.78, 5) is 2.41. The molecule has 0 radical (unpaired) electrons. The van der Waals surface area contributed by atoms with Crippen LogP contribution >= 0.6 is 0 Å². The highest BCUT2D eigenvalue weighted by molar-refractivity contribution is 5.37. The van der Waals surface area contributed by atoms with Gasteiger partial charge in [-0.2, -0.15) is 5.26 Å². The molecule has 1 aliphatic heterocycles. The molecule has 0 aliphatic carbocycles. The van der Waals surface area contributed by atoms with Crippen molar-refractivity contribution < 1.29 is 0 Å². The second-order valence-corrected chi connectivity index (χ2v) is 5.64. The van der Waals surface area contributed by atoms with Gasteiger partial charge in [-0.05, 0) is 69.1 Å². The zero-order valence-electron chi connectivity index (χ0n) is 11.9. The molecule has 1 N–H and O–H groups in total. The first-order valence-corrected chi connectivity index (χ1v) is 7.08. The summed E-state index contributed by atoms with van der Waals surface area (Å²) in [5.74, 6) is 0.824. The first-order chi connectivity index (χ1) is 9.19. The fourth-order valence-electron chi connectivity index (χ4n) is 2.80. The minimum atomic E-state index is 0.752. The van der Waals surface area contributed by atoms with Crippen LogP contribution in [0.2, 0.25) is 0 Å². The van der Waals surface area contributed by atoms with E-state index in [2.05, 4.69) is 36.3 Å². The molecular formula is C16H23N3. The maximum Gasteiger partial charge on any atom is 0.0991 e. The normalized spacial score (nSPS) is 16.5. The molecule has 0 spiro atoms. The Morgan fingerprint density at radius 1 is 1.37 bits per heavy atom. The third kappa shape index (κ3) is 4.05. The predicted octanol–water partition coefficient (Wildman–Crippen LogP) is 2.30. The summed E-state index contributed by atoms with van der Waals surface area (Å²) in [6, 6.07) is 8.18. The number of benzene rings is 1. The summed E-state index contributed by atoms with van der Waals surface area (Å²) < 4.78 is 0. The molecule has 1 heterocycles. The molecule has 1 fully saturated rings. The first-order valence-electron chi connectivity index (χ1n) is 7.08. The van der Waals surface area contributed by atoms with Crippen LogP contribution in [-0.4, -0.2) is 31.6 Å². The summed E-state index contributed by atoms with van der Waals surface area (Å²) in [5.41, 5.74) is 3.30. The van der Waals surface area contributed by atoms with Crippen LogP contribution in [0, 0.1) is 24.2 Å². The Bertz CT molecular complexity index is 456. The Morgan fingerprint density at radius 2 is 2.11 bits per heavy atom. The average molecular weight is 257 g/mol. The molecule has 0 bridgehead atoms. The standard InChI is InChI=1S/C16H23N3/c1-13-9-15(10-17)3-4-16(13)12-19(2)11-14-5-7-18-8-6-14/h3-4,9,14,18H,5-8,11-12H2,1-2H3. The summed E-state index contributed by atoms with van der Waals surface area (Å²) in [7, 11) is 2.19. The van der Waals surface area contributed by atoms with Gasteiger partial charge in [0.15, 0.2) is 0 Å². The van der Waals surface area contributed by atoms with E-state index in [1.54, 1.807) is 0 Å². The Balaban J connectivity index is 1.91. The molecule has 0 saturated carbocycles. The van der Waals surface area contributed by atoms with Crippen molar-refractivity contribution in [3.8, 4) is 6.07 Å². The zero-order valence-corrected chi connectivity index (χ0v) is 11.9. The maximum atomic E-state index is 8.88. The van der Waals surface area contributed by atoms with Crippen molar-refractivity contribution in [3.63, 3.8) is 0 Å². The largest absolute Gasteiger partial charge is 0.317 e. The molecule has 0 amide bonds. The number of nitrogens with one attached hydrogen (secondary N) is 1. The van der Waals surface area contributed by atoms with E-state index in [-0.39, 0.29) is 0 Å². The minimum absolute atomic E-state index is 0.752. The molecule has 19 heavy (non-hydrogen) atoms. The van der Waals surface area contributed by atoms with Crippen LogP contribution in [0.4, 0.5) is 0 Å². The Morgan fingerprint density at radius 3 is 2.74 bits per heavy atom. The molecule has 3 nitrogen and oxygen atoms in total. The van der Waals surface area contributed by atoms with E-state index in [4.69, 9.17) is 5.26 Å². The number of hydrogen-bond donors (Lipinski definition) is 1. The van der Waals surface area contributed by atoms with Crippen molar-refractivity contribution in [1.29, 1.82) is 5.26 Å². The van der Waals surface area contributed by atoms with Gasteiger partial charge in [-0.15, -0.1) is 0 Å². The van der Waals surface area contributed by atoms with E-state index in [1.807, 2.05) is 12.1 Å². The van der Waals surface area contributed by atoms with Crippen molar-refractivity contribution in [3.05, 3.63) is 34.9 Å². The van der Waals surface area contributed by atoms with Gasteiger partial charge in [0.1, 0.15) is 0 Å². The predicted molar refractivity (Wildman–Crippen MR) is 77.8 cm³/mol. The summed E-state index contributed by atoms with van der Waals surface area (Å²) >= 11 is 0. The Labute approximate surface area is 116 Å². The Kier molecular flexibility index (Phi) is 4.95. The van der Waals surface area contributed by atoms with Crippen molar-refractivity contribution in [1.82, 2.24) is 10.2 Å². The van der Waals surface area contributed by atoms with Crippen LogP contribution in [0.15, 0.2) is 18.2 Å². The van der Waals surface area contributed by atoms with Gasteiger partial charge in [0.25, 0.3) is 0 Å². The lowest BCUT2D eigenvalue weighted by Gasteiger charge is -2.27. The van der Waals surface area contributed by atoms with Gasteiger partial charge in [0, 0.05) is 13.1 Å². The third-order valence-corrected chi connectivity index (χ3v) is 3.94. The zero-order chi connectivity index (χ0) is 13.7. The van der Waals surface area contributed by atoms with Gasteiger partial charge in [0.05, 0.1) is 11.6 Å². The SMILES string of the molecule is Cc1cc(C#N)ccc1CN(C)CC1CCNCC1. The van der Waals surface area contributed by atoms with Gasteiger partial charge in [-0.3, -0.25) is 0 Å². The van der Waals surface area contributed by atoms with Crippen LogP contribution < -0.4 is 5.32 Å². The topological polar surface area (TPSA) is 39.1 Å². The molecule has 3 heteroatoms. The molecule has 1 aromatic rings. The van der Waals surface area contributed by atoms with E-state index in [9.17, 15) is 0 Å². The smallest absolute Gasteiger partial charge is 0.0991 e. The highest BCUT2D eigenvalue weighted by atomic mass is 15.1. The van der Waals surface area contributed by atoms with E-state index in [1.165, 1.54) is 30.5 Å². The van der Waals surface area contributed by atoms with Crippen molar-refractivity contribution >= 4 is 0 Å². The van der Waals surface area contributed by atoms with E-state index >= 15 is 0 Å². The third-order valence-electron chi connectivity index (χ3n) is 3.94. The molecular weight excluding hydrogens is 234 g/mol. The van der Waals surface area contributed by atoms with Gasteiger partial charge in [0.2, 0.25) is 0 Å². The lowest BCUT2D eigenvalue weighted by Crippen LogP contribution is -2.34. The molecule has 102 valence electrons. The molecule has 0 unspecified atom stereocenters. The molecule has 1 saturated heterocycles. The number of hydrogen-bond acceptors (Lipinski definition) is 3. The summed E-state index contributed by atoms with van der Waals surface area (Å²) in [5, 5.41) is 12.3. The molecule has 0 atom stereocenters. The van der Waals surface area contributed by atoms with Crippen molar-refractivity contribution in [2.75, 3.05) is 26.7 Å². The van der Waals surface area contributed by atoms with Crippen molar-refractivity contribution in [2.45, 2.75) is 26.3 Å². The summed E-state index contributed by atoms with van der Waals surface area (Å²) in [6.45, 7) is 6.56. The second-order valence-electron chi connectivity index (χ2n) is 5.64. The quantitative estimate of drug-likeness (QED) is 0.899. The van der Waals surface area contributed by atoms with Crippen LogP contribution in [0.25, 0.3) is 0 Å². The van der Waals surface area contributed by atoms with E-state index < -0.39 is 0 Å². The number of aryl methyl sites for hydroxylation is 1. The van der Waals surface area contributed by atoms with Crippen LogP contribution in [0.5, 0.6) is 0 Å². The van der Waals surface area contributed by atoms with Gasteiger partial charge < -0.3 is 10.2 Å². The monoisotopic (exact) mass is 257 g/mol.